The van der Waals surface area contributed by atoms with Crippen LogP contribution in [0.5, 0.6) is 0 Å². The average molecular weight is 247 g/mol. The van der Waals surface area contributed by atoms with Crippen molar-refractivity contribution < 1.29 is 18.0 Å². The number of pyridine rings is 1. The normalized spacial score (nSPS) is 10.2. The summed E-state index contributed by atoms with van der Waals surface area (Å²) in [5.41, 5.74) is 0. The zero-order valence-corrected chi connectivity index (χ0v) is 9.67. The summed E-state index contributed by atoms with van der Waals surface area (Å²) >= 11 is 0. The van der Waals surface area contributed by atoms with Crippen LogP contribution in [0.2, 0.25) is 0 Å². The number of hydrogen-bond acceptors (Lipinski definition) is 3. The molecule has 1 aromatic heterocycles. The van der Waals surface area contributed by atoms with E-state index in [0.29, 0.717) is 6.07 Å². The number of anilines is 1. The highest BCUT2D eigenvalue weighted by Crippen LogP contribution is 2.17. The molecule has 1 amide bonds. The lowest BCUT2D eigenvalue weighted by atomic mass is 10.4. The molecule has 1 heterocycles. The third-order valence-electron chi connectivity index (χ3n) is 2.10. The SMILES string of the molecule is CN(C)C(=O)CN(C)c1nc(F)c(F)cc1F. The number of carbonyl (C=O) groups excluding carboxylic acids is 1. The van der Waals surface area contributed by atoms with Crippen molar-refractivity contribution in [3.05, 3.63) is 23.6 Å². The van der Waals surface area contributed by atoms with E-state index in [-0.39, 0.29) is 12.5 Å². The molecule has 0 saturated carbocycles. The molecule has 1 aromatic rings. The van der Waals surface area contributed by atoms with E-state index in [1.165, 1.54) is 26.0 Å². The lowest BCUT2D eigenvalue weighted by molar-refractivity contribution is -0.127. The summed E-state index contributed by atoms with van der Waals surface area (Å²) in [5.74, 6) is -4.49. The predicted molar refractivity (Wildman–Crippen MR) is 56.1 cm³/mol. The van der Waals surface area contributed by atoms with Crippen LogP contribution in [-0.2, 0) is 4.79 Å². The van der Waals surface area contributed by atoms with Gasteiger partial charge in [0.1, 0.15) is 0 Å². The maximum atomic E-state index is 13.3. The van der Waals surface area contributed by atoms with Gasteiger partial charge in [-0.05, 0) is 0 Å². The Bertz CT molecular complexity index is 437. The third-order valence-corrected chi connectivity index (χ3v) is 2.10. The Balaban J connectivity index is 2.93. The van der Waals surface area contributed by atoms with Crippen LogP contribution in [-0.4, -0.2) is 43.5 Å². The monoisotopic (exact) mass is 247 g/mol. The number of nitrogens with zero attached hydrogens (tertiary/aromatic N) is 3. The topological polar surface area (TPSA) is 36.4 Å². The highest BCUT2D eigenvalue weighted by atomic mass is 19.2. The third kappa shape index (κ3) is 3.08. The van der Waals surface area contributed by atoms with Crippen molar-refractivity contribution >= 4 is 11.7 Å². The molecule has 7 heteroatoms. The Hall–Kier alpha value is -1.79. The van der Waals surface area contributed by atoms with Crippen LogP contribution in [0.3, 0.4) is 0 Å². The number of rotatable bonds is 3. The molecular formula is C10H12F3N3O. The molecule has 0 aliphatic carbocycles. The first-order chi connectivity index (χ1) is 7.82. The number of carbonyl (C=O) groups is 1. The van der Waals surface area contributed by atoms with Crippen molar-refractivity contribution in [1.29, 1.82) is 0 Å². The fourth-order valence-corrected chi connectivity index (χ4v) is 1.12. The molecule has 0 unspecified atom stereocenters. The van der Waals surface area contributed by atoms with Gasteiger partial charge in [-0.25, -0.2) is 8.78 Å². The van der Waals surface area contributed by atoms with Crippen molar-refractivity contribution in [1.82, 2.24) is 9.88 Å². The van der Waals surface area contributed by atoms with Crippen LogP contribution in [0.1, 0.15) is 0 Å². The fraction of sp³-hybridized carbons (Fsp3) is 0.400. The van der Waals surface area contributed by atoms with E-state index in [1.54, 1.807) is 0 Å². The van der Waals surface area contributed by atoms with E-state index in [4.69, 9.17) is 0 Å². The first-order valence-corrected chi connectivity index (χ1v) is 4.75. The Morgan fingerprint density at radius 3 is 2.35 bits per heavy atom. The van der Waals surface area contributed by atoms with Gasteiger partial charge in [-0.1, -0.05) is 0 Å². The molecule has 0 fully saturated rings. The smallest absolute Gasteiger partial charge is 0.251 e. The van der Waals surface area contributed by atoms with Gasteiger partial charge in [0.2, 0.25) is 5.91 Å². The number of likely N-dealkylation sites (N-methyl/N-ethyl adjacent to an activating group) is 2. The zero-order chi connectivity index (χ0) is 13.2. The number of halogens is 3. The summed E-state index contributed by atoms with van der Waals surface area (Å²) in [7, 11) is 4.43. The van der Waals surface area contributed by atoms with E-state index in [0.717, 1.165) is 4.90 Å². The first-order valence-electron chi connectivity index (χ1n) is 4.75. The van der Waals surface area contributed by atoms with Gasteiger partial charge in [-0.3, -0.25) is 4.79 Å². The molecular weight excluding hydrogens is 235 g/mol. The van der Waals surface area contributed by atoms with Crippen molar-refractivity contribution in [2.24, 2.45) is 0 Å². The minimum absolute atomic E-state index is 0.179. The molecule has 0 spiro atoms. The average Bonchev–Trinajstić information content (AvgIpc) is 2.22. The van der Waals surface area contributed by atoms with Crippen LogP contribution >= 0.6 is 0 Å². The summed E-state index contributed by atoms with van der Waals surface area (Å²) < 4.78 is 38.8. The highest BCUT2D eigenvalue weighted by Gasteiger charge is 2.17. The van der Waals surface area contributed by atoms with Gasteiger partial charge < -0.3 is 9.80 Å². The van der Waals surface area contributed by atoms with Crippen LogP contribution in [0.15, 0.2) is 6.07 Å². The molecule has 1 rings (SSSR count). The zero-order valence-electron chi connectivity index (χ0n) is 9.67. The van der Waals surface area contributed by atoms with Gasteiger partial charge in [0, 0.05) is 27.2 Å². The van der Waals surface area contributed by atoms with Gasteiger partial charge in [-0.15, -0.1) is 0 Å². The van der Waals surface area contributed by atoms with E-state index in [1.807, 2.05) is 0 Å². The minimum Gasteiger partial charge on any atom is -0.348 e. The van der Waals surface area contributed by atoms with Crippen molar-refractivity contribution in [3.63, 3.8) is 0 Å². The number of amides is 1. The van der Waals surface area contributed by atoms with Crippen LogP contribution in [0.25, 0.3) is 0 Å². The maximum Gasteiger partial charge on any atom is 0.251 e. The molecule has 0 aliphatic heterocycles. The lowest BCUT2D eigenvalue weighted by Crippen LogP contribution is -2.35. The summed E-state index contributed by atoms with van der Waals surface area (Å²) in [6.45, 7) is -0.179. The summed E-state index contributed by atoms with van der Waals surface area (Å²) in [5, 5.41) is 0. The van der Waals surface area contributed by atoms with E-state index < -0.39 is 23.4 Å². The summed E-state index contributed by atoms with van der Waals surface area (Å²) in [4.78, 5) is 16.9. The fourth-order valence-electron chi connectivity index (χ4n) is 1.12. The standard InChI is InChI=1S/C10H12F3N3O/c1-15(2)8(17)5-16(3)10-7(12)4-6(11)9(13)14-10/h4H,5H2,1-3H3. The van der Waals surface area contributed by atoms with Gasteiger partial charge in [0.25, 0.3) is 5.95 Å². The highest BCUT2D eigenvalue weighted by molar-refractivity contribution is 5.80. The number of hydrogen-bond donors (Lipinski definition) is 0. The van der Waals surface area contributed by atoms with E-state index >= 15 is 0 Å². The van der Waals surface area contributed by atoms with Gasteiger partial charge in [0.15, 0.2) is 17.5 Å². The molecule has 0 aliphatic rings. The second kappa shape index (κ2) is 5.03. The molecule has 17 heavy (non-hydrogen) atoms. The molecule has 4 nitrogen and oxygen atoms in total. The summed E-state index contributed by atoms with van der Waals surface area (Å²) in [6.07, 6.45) is 0. The van der Waals surface area contributed by atoms with Gasteiger partial charge in [0.05, 0.1) is 6.54 Å². The van der Waals surface area contributed by atoms with E-state index in [9.17, 15) is 18.0 Å². The molecule has 0 bridgehead atoms. The van der Waals surface area contributed by atoms with Crippen LogP contribution in [0.4, 0.5) is 19.0 Å². The Morgan fingerprint density at radius 1 is 1.24 bits per heavy atom. The molecule has 94 valence electrons. The van der Waals surface area contributed by atoms with Crippen molar-refractivity contribution in [3.8, 4) is 0 Å². The quantitative estimate of drug-likeness (QED) is 0.748. The van der Waals surface area contributed by atoms with E-state index in [2.05, 4.69) is 4.98 Å². The first kappa shape index (κ1) is 13.3. The summed E-state index contributed by atoms with van der Waals surface area (Å²) in [6, 6.07) is 0.397. The van der Waals surface area contributed by atoms with Gasteiger partial charge >= 0.3 is 0 Å². The molecule has 0 radical (unpaired) electrons. The van der Waals surface area contributed by atoms with Crippen LogP contribution in [0, 0.1) is 17.6 Å². The second-order valence-electron chi connectivity index (χ2n) is 3.71. The van der Waals surface area contributed by atoms with Crippen molar-refractivity contribution in [2.75, 3.05) is 32.6 Å². The van der Waals surface area contributed by atoms with Gasteiger partial charge in [-0.2, -0.15) is 9.37 Å². The predicted octanol–water partition coefficient (Wildman–Crippen LogP) is 1.02. The second-order valence-corrected chi connectivity index (χ2v) is 3.71. The Morgan fingerprint density at radius 2 is 1.82 bits per heavy atom. The maximum absolute atomic E-state index is 13.3. The van der Waals surface area contributed by atoms with Crippen LogP contribution < -0.4 is 4.90 Å². The largest absolute Gasteiger partial charge is 0.348 e. The lowest BCUT2D eigenvalue weighted by Gasteiger charge is -2.20. The molecule has 0 aromatic carbocycles. The van der Waals surface area contributed by atoms with Crippen molar-refractivity contribution in [2.45, 2.75) is 0 Å². The molecule has 0 saturated heterocycles. The molecule has 0 N–H and O–H groups in total. The molecule has 0 atom stereocenters. The Labute approximate surface area is 96.7 Å². The minimum atomic E-state index is -1.40. The number of aromatic nitrogens is 1. The Kier molecular flexibility index (Phi) is 3.93.